The number of hydrogen-bond donors (Lipinski definition) is 0. The standard InChI is InChI=1S/C14H9F3N4O7/c15-14(16,17)13(18-19-13)7-1-2-8(21(25)26)9(5-7)27-6-12(24)28-20-10(22)3-4-11(20)23/h1-2,5H,3-4,6H2. The first-order valence-electron chi connectivity index (χ1n) is 7.54. The van der Waals surface area contributed by atoms with Crippen molar-refractivity contribution in [1.29, 1.82) is 0 Å². The zero-order chi connectivity index (χ0) is 20.7. The quantitative estimate of drug-likeness (QED) is 0.401. The fourth-order valence-corrected chi connectivity index (χ4v) is 2.36. The Labute approximate surface area is 152 Å². The first-order chi connectivity index (χ1) is 13.0. The molecular weight excluding hydrogens is 393 g/mol. The third-order valence-electron chi connectivity index (χ3n) is 3.80. The van der Waals surface area contributed by atoms with E-state index in [1.165, 1.54) is 0 Å². The summed E-state index contributed by atoms with van der Waals surface area (Å²) in [6.45, 7) is -1.01. The van der Waals surface area contributed by atoms with Gasteiger partial charge in [0.05, 0.1) is 4.92 Å². The molecule has 148 valence electrons. The number of ether oxygens (including phenoxy) is 1. The Morgan fingerprint density at radius 3 is 2.36 bits per heavy atom. The second-order valence-corrected chi connectivity index (χ2v) is 5.64. The van der Waals surface area contributed by atoms with E-state index in [4.69, 9.17) is 4.74 Å². The monoisotopic (exact) mass is 402 g/mol. The fourth-order valence-electron chi connectivity index (χ4n) is 2.36. The lowest BCUT2D eigenvalue weighted by Crippen LogP contribution is -2.34. The molecule has 2 heterocycles. The lowest BCUT2D eigenvalue weighted by atomic mass is 10.0. The Hall–Kier alpha value is -3.58. The van der Waals surface area contributed by atoms with Gasteiger partial charge in [0.25, 0.3) is 11.8 Å². The summed E-state index contributed by atoms with van der Waals surface area (Å²) in [6, 6.07) is 2.25. The molecule has 14 heteroatoms. The van der Waals surface area contributed by atoms with Crippen LogP contribution in [0.3, 0.4) is 0 Å². The fraction of sp³-hybridized carbons (Fsp3) is 0.357. The number of nitro benzene ring substituents is 1. The number of benzene rings is 1. The first-order valence-corrected chi connectivity index (χ1v) is 7.54. The van der Waals surface area contributed by atoms with Crippen molar-refractivity contribution in [2.45, 2.75) is 24.7 Å². The summed E-state index contributed by atoms with van der Waals surface area (Å²) in [6.07, 6.45) is -5.16. The van der Waals surface area contributed by atoms with Crippen LogP contribution in [0.1, 0.15) is 18.4 Å². The van der Waals surface area contributed by atoms with Gasteiger partial charge in [-0.1, -0.05) is 0 Å². The molecule has 0 N–H and O–H groups in total. The average Bonchev–Trinajstić information content (AvgIpc) is 3.38. The van der Waals surface area contributed by atoms with Gasteiger partial charge in [0.15, 0.2) is 12.4 Å². The van der Waals surface area contributed by atoms with Gasteiger partial charge in [-0.2, -0.15) is 13.2 Å². The summed E-state index contributed by atoms with van der Waals surface area (Å²) >= 11 is 0. The lowest BCUT2D eigenvalue weighted by molar-refractivity contribution is -0.385. The predicted molar refractivity (Wildman–Crippen MR) is 78.4 cm³/mol. The Kier molecular flexibility index (Phi) is 4.48. The van der Waals surface area contributed by atoms with Crippen LogP contribution >= 0.6 is 0 Å². The Bertz CT molecular complexity index is 893. The molecule has 1 fully saturated rings. The molecule has 0 bridgehead atoms. The zero-order valence-corrected chi connectivity index (χ0v) is 13.6. The van der Waals surface area contributed by atoms with Crippen molar-refractivity contribution in [3.8, 4) is 5.75 Å². The van der Waals surface area contributed by atoms with E-state index in [0.717, 1.165) is 12.1 Å². The van der Waals surface area contributed by atoms with Crippen LogP contribution in [0.15, 0.2) is 28.4 Å². The molecule has 0 atom stereocenters. The van der Waals surface area contributed by atoms with Gasteiger partial charge in [-0.25, -0.2) is 4.79 Å². The first kappa shape index (κ1) is 19.2. The van der Waals surface area contributed by atoms with Gasteiger partial charge in [-0.05, 0) is 12.1 Å². The summed E-state index contributed by atoms with van der Waals surface area (Å²) < 4.78 is 44.1. The van der Waals surface area contributed by atoms with Crippen LogP contribution in [-0.4, -0.2) is 40.6 Å². The molecule has 0 spiro atoms. The second kappa shape index (κ2) is 6.54. The van der Waals surface area contributed by atoms with Gasteiger partial charge in [0.2, 0.25) is 0 Å². The molecule has 0 radical (unpaired) electrons. The smallest absolute Gasteiger partial charge is 0.442 e. The number of nitrogens with zero attached hydrogens (tertiary/aromatic N) is 4. The number of imide groups is 1. The highest BCUT2D eigenvalue weighted by Crippen LogP contribution is 2.53. The van der Waals surface area contributed by atoms with Gasteiger partial charge in [0, 0.05) is 24.5 Å². The van der Waals surface area contributed by atoms with Gasteiger partial charge < -0.3 is 9.57 Å². The highest BCUT2D eigenvalue weighted by Gasteiger charge is 2.65. The van der Waals surface area contributed by atoms with Crippen molar-refractivity contribution in [2.75, 3.05) is 6.61 Å². The van der Waals surface area contributed by atoms with Crippen molar-refractivity contribution in [2.24, 2.45) is 10.2 Å². The maximum Gasteiger partial charge on any atom is 0.442 e. The third kappa shape index (κ3) is 3.35. The molecule has 0 aromatic heterocycles. The van der Waals surface area contributed by atoms with E-state index in [-0.39, 0.29) is 17.9 Å². The maximum atomic E-state index is 13.1. The second-order valence-electron chi connectivity index (χ2n) is 5.64. The Morgan fingerprint density at radius 1 is 1.25 bits per heavy atom. The summed E-state index contributed by atoms with van der Waals surface area (Å²) in [7, 11) is 0. The molecular formula is C14H9F3N4O7. The van der Waals surface area contributed by atoms with Gasteiger partial charge >= 0.3 is 23.5 Å². The number of carbonyl (C=O) groups is 3. The SMILES string of the molecule is O=C(COc1cc(C2(C(F)(F)F)N=N2)ccc1[N+](=O)[O-])ON1C(=O)CCC1=O. The minimum absolute atomic E-state index is 0.146. The Morgan fingerprint density at radius 2 is 1.86 bits per heavy atom. The molecule has 3 rings (SSSR count). The van der Waals surface area contributed by atoms with Crippen LogP contribution in [0.2, 0.25) is 0 Å². The van der Waals surface area contributed by atoms with E-state index in [9.17, 15) is 37.7 Å². The molecule has 0 unspecified atom stereocenters. The molecule has 1 aromatic rings. The van der Waals surface area contributed by atoms with E-state index >= 15 is 0 Å². The topological polar surface area (TPSA) is 141 Å². The van der Waals surface area contributed by atoms with Crippen molar-refractivity contribution < 1.29 is 42.1 Å². The summed E-state index contributed by atoms with van der Waals surface area (Å²) in [5.74, 6) is -3.43. The van der Waals surface area contributed by atoms with Crippen LogP contribution in [0.25, 0.3) is 0 Å². The normalized spacial score (nSPS) is 17.6. The number of carbonyl (C=O) groups excluding carboxylic acids is 3. The van der Waals surface area contributed by atoms with E-state index in [1.54, 1.807) is 0 Å². The van der Waals surface area contributed by atoms with Gasteiger partial charge in [0.1, 0.15) is 0 Å². The zero-order valence-electron chi connectivity index (χ0n) is 13.6. The number of rotatable bonds is 6. The maximum absolute atomic E-state index is 13.1. The minimum Gasteiger partial charge on any atom is -0.475 e. The van der Waals surface area contributed by atoms with Crippen LogP contribution in [0, 0.1) is 10.1 Å². The van der Waals surface area contributed by atoms with Gasteiger partial charge in [-0.3, -0.25) is 19.7 Å². The van der Waals surface area contributed by atoms with E-state index in [2.05, 4.69) is 15.1 Å². The summed E-state index contributed by atoms with van der Waals surface area (Å²) in [4.78, 5) is 49.1. The average molecular weight is 402 g/mol. The van der Waals surface area contributed by atoms with Crippen LogP contribution in [0.5, 0.6) is 5.75 Å². The molecule has 2 aliphatic heterocycles. The molecule has 0 aliphatic carbocycles. The molecule has 1 aromatic carbocycles. The third-order valence-corrected chi connectivity index (χ3v) is 3.80. The number of hydrogen-bond acceptors (Lipinski definition) is 9. The van der Waals surface area contributed by atoms with Crippen molar-refractivity contribution >= 4 is 23.5 Å². The lowest BCUT2D eigenvalue weighted by Gasteiger charge is -2.16. The minimum atomic E-state index is -4.87. The molecule has 0 saturated carbocycles. The number of nitro groups is 1. The van der Waals surface area contributed by atoms with Crippen LogP contribution < -0.4 is 4.74 Å². The molecule has 1 saturated heterocycles. The van der Waals surface area contributed by atoms with Crippen molar-refractivity contribution in [3.63, 3.8) is 0 Å². The van der Waals surface area contributed by atoms with Crippen LogP contribution in [-0.2, 0) is 24.9 Å². The summed E-state index contributed by atoms with van der Waals surface area (Å²) in [5.41, 5.74) is -4.10. The van der Waals surface area contributed by atoms with Crippen LogP contribution in [0.4, 0.5) is 18.9 Å². The molecule has 2 aliphatic rings. The van der Waals surface area contributed by atoms with E-state index in [0.29, 0.717) is 6.07 Å². The van der Waals surface area contributed by atoms with Gasteiger partial charge in [-0.15, -0.1) is 15.3 Å². The Balaban J connectivity index is 1.76. The number of hydroxylamine groups is 2. The number of halogens is 3. The largest absolute Gasteiger partial charge is 0.475 e. The molecule has 28 heavy (non-hydrogen) atoms. The summed E-state index contributed by atoms with van der Waals surface area (Å²) in [5, 5.41) is 17.2. The highest BCUT2D eigenvalue weighted by atomic mass is 19.4. The van der Waals surface area contributed by atoms with Crippen molar-refractivity contribution in [1.82, 2.24) is 5.06 Å². The van der Waals surface area contributed by atoms with Crippen molar-refractivity contribution in [3.05, 3.63) is 33.9 Å². The van der Waals surface area contributed by atoms with E-state index < -0.39 is 58.2 Å². The predicted octanol–water partition coefficient (Wildman–Crippen LogP) is 1.76. The van der Waals surface area contributed by atoms with E-state index in [1.807, 2.05) is 0 Å². The molecule has 11 nitrogen and oxygen atoms in total. The molecule has 2 amide bonds. The highest BCUT2D eigenvalue weighted by molar-refractivity contribution is 6.01. The number of alkyl halides is 3. The number of amides is 2.